The van der Waals surface area contributed by atoms with Crippen LogP contribution in [0.3, 0.4) is 0 Å². The van der Waals surface area contributed by atoms with Crippen molar-refractivity contribution < 1.29 is 14.3 Å². The maximum absolute atomic E-state index is 11.9. The van der Waals surface area contributed by atoms with Crippen molar-refractivity contribution in [1.29, 1.82) is 0 Å². The van der Waals surface area contributed by atoms with Crippen molar-refractivity contribution in [3.05, 3.63) is 0 Å². The zero-order chi connectivity index (χ0) is 12.9. The fourth-order valence-corrected chi connectivity index (χ4v) is 2.94. The van der Waals surface area contributed by atoms with E-state index in [-0.39, 0.29) is 29.5 Å². The second-order valence-electron chi connectivity index (χ2n) is 4.73. The van der Waals surface area contributed by atoms with E-state index < -0.39 is 0 Å². The van der Waals surface area contributed by atoms with Gasteiger partial charge < -0.3 is 9.64 Å². The third kappa shape index (κ3) is 4.98. The molecule has 17 heavy (non-hydrogen) atoms. The fourth-order valence-electron chi connectivity index (χ4n) is 1.83. The molecule has 1 rings (SSSR count). The summed E-state index contributed by atoms with van der Waals surface area (Å²) in [5.41, 5.74) is 0. The first kappa shape index (κ1) is 14.4. The van der Waals surface area contributed by atoms with Gasteiger partial charge in [-0.2, -0.15) is 11.8 Å². The predicted molar refractivity (Wildman–Crippen MR) is 69.0 cm³/mol. The fraction of sp³-hybridized carbons (Fsp3) is 0.833. The zero-order valence-electron chi connectivity index (χ0n) is 10.8. The van der Waals surface area contributed by atoms with Crippen molar-refractivity contribution in [2.75, 3.05) is 25.4 Å². The first-order valence-corrected chi connectivity index (χ1v) is 7.00. The molecule has 0 spiro atoms. The molecule has 1 aliphatic rings. The number of rotatable bonds is 4. The van der Waals surface area contributed by atoms with E-state index in [1.165, 1.54) is 0 Å². The Kier molecular flexibility index (Phi) is 5.31. The summed E-state index contributed by atoms with van der Waals surface area (Å²) in [5, 5.41) is 0. The lowest BCUT2D eigenvalue weighted by molar-refractivity contribution is -0.145. The van der Waals surface area contributed by atoms with E-state index in [1.54, 1.807) is 6.92 Å². The van der Waals surface area contributed by atoms with Crippen LogP contribution in [-0.4, -0.2) is 47.0 Å². The summed E-state index contributed by atoms with van der Waals surface area (Å²) in [7, 11) is 0. The van der Waals surface area contributed by atoms with Gasteiger partial charge in [0.15, 0.2) is 0 Å². The molecule has 0 aliphatic carbocycles. The van der Waals surface area contributed by atoms with Gasteiger partial charge in [-0.3, -0.25) is 9.59 Å². The number of carbonyl (C=O) groups excluding carboxylic acids is 2. The number of esters is 1. The minimum atomic E-state index is -0.286. The molecule has 0 aromatic carbocycles. The number of amides is 1. The minimum Gasteiger partial charge on any atom is -0.466 e. The maximum Gasteiger partial charge on any atom is 0.306 e. The molecular weight excluding hydrogens is 238 g/mol. The van der Waals surface area contributed by atoms with Gasteiger partial charge in [-0.1, -0.05) is 0 Å². The molecule has 1 saturated heterocycles. The van der Waals surface area contributed by atoms with Crippen LogP contribution < -0.4 is 0 Å². The van der Waals surface area contributed by atoms with Crippen LogP contribution in [0.25, 0.3) is 0 Å². The maximum atomic E-state index is 11.9. The molecule has 1 fully saturated rings. The van der Waals surface area contributed by atoms with Crippen LogP contribution in [0.1, 0.15) is 33.6 Å². The Labute approximate surface area is 107 Å². The summed E-state index contributed by atoms with van der Waals surface area (Å²) < 4.78 is 4.93. The molecule has 0 radical (unpaired) electrons. The van der Waals surface area contributed by atoms with Crippen molar-refractivity contribution in [1.82, 2.24) is 4.90 Å². The third-order valence-electron chi connectivity index (χ3n) is 2.63. The minimum absolute atomic E-state index is 0.0615. The highest BCUT2D eigenvalue weighted by atomic mass is 32.2. The van der Waals surface area contributed by atoms with E-state index in [2.05, 4.69) is 13.8 Å². The molecule has 1 amide bonds. The third-order valence-corrected chi connectivity index (χ3v) is 3.92. The lowest BCUT2D eigenvalue weighted by Gasteiger charge is -2.37. The number of hydrogen-bond acceptors (Lipinski definition) is 4. The van der Waals surface area contributed by atoms with Gasteiger partial charge in [0.05, 0.1) is 13.0 Å². The Bertz CT molecular complexity index is 291. The lowest BCUT2D eigenvalue weighted by atomic mass is 10.1. The Morgan fingerprint density at radius 3 is 2.65 bits per heavy atom. The standard InChI is InChI=1S/C12H21NO3S/c1-4-16-11(15)6-5-10(14)13-7-8-17-12(2,3)9-13/h4-9H2,1-3H3. The summed E-state index contributed by atoms with van der Waals surface area (Å²) in [5.74, 6) is 0.746. The molecule has 0 aromatic heterocycles. The molecule has 4 nitrogen and oxygen atoms in total. The van der Waals surface area contributed by atoms with Gasteiger partial charge in [-0.05, 0) is 20.8 Å². The van der Waals surface area contributed by atoms with Crippen LogP contribution in [0, 0.1) is 0 Å². The van der Waals surface area contributed by atoms with E-state index in [4.69, 9.17) is 4.74 Å². The average molecular weight is 259 g/mol. The Balaban J connectivity index is 2.35. The molecule has 0 unspecified atom stereocenters. The molecule has 0 bridgehead atoms. The predicted octanol–water partition coefficient (Wildman–Crippen LogP) is 1.68. The number of nitrogens with zero attached hydrogens (tertiary/aromatic N) is 1. The van der Waals surface area contributed by atoms with Crippen molar-refractivity contribution in [2.45, 2.75) is 38.4 Å². The highest BCUT2D eigenvalue weighted by Gasteiger charge is 2.29. The van der Waals surface area contributed by atoms with Gasteiger partial charge in [-0.15, -0.1) is 0 Å². The molecule has 0 atom stereocenters. The number of hydrogen-bond donors (Lipinski definition) is 0. The van der Waals surface area contributed by atoms with E-state index in [9.17, 15) is 9.59 Å². The number of carbonyl (C=O) groups is 2. The molecule has 0 aromatic rings. The van der Waals surface area contributed by atoms with Gasteiger partial charge in [0.2, 0.25) is 5.91 Å². The molecule has 0 saturated carbocycles. The van der Waals surface area contributed by atoms with Crippen LogP contribution in [0.4, 0.5) is 0 Å². The first-order chi connectivity index (χ1) is 7.94. The lowest BCUT2D eigenvalue weighted by Crippen LogP contribution is -2.46. The highest BCUT2D eigenvalue weighted by molar-refractivity contribution is 8.00. The van der Waals surface area contributed by atoms with Crippen molar-refractivity contribution in [2.24, 2.45) is 0 Å². The van der Waals surface area contributed by atoms with Gasteiger partial charge in [0, 0.05) is 30.0 Å². The smallest absolute Gasteiger partial charge is 0.306 e. The SMILES string of the molecule is CCOC(=O)CCC(=O)N1CCSC(C)(C)C1. The van der Waals surface area contributed by atoms with E-state index >= 15 is 0 Å². The van der Waals surface area contributed by atoms with Crippen molar-refractivity contribution in [3.63, 3.8) is 0 Å². The van der Waals surface area contributed by atoms with Gasteiger partial charge in [0.1, 0.15) is 0 Å². The molecule has 1 aliphatic heterocycles. The number of ether oxygens (including phenoxy) is 1. The zero-order valence-corrected chi connectivity index (χ0v) is 11.6. The van der Waals surface area contributed by atoms with Gasteiger partial charge in [-0.25, -0.2) is 0 Å². The van der Waals surface area contributed by atoms with Crippen LogP contribution >= 0.6 is 11.8 Å². The van der Waals surface area contributed by atoms with E-state index in [1.807, 2.05) is 16.7 Å². The van der Waals surface area contributed by atoms with Gasteiger partial charge in [0.25, 0.3) is 0 Å². The summed E-state index contributed by atoms with van der Waals surface area (Å²) in [6.45, 7) is 7.98. The summed E-state index contributed by atoms with van der Waals surface area (Å²) in [6, 6.07) is 0. The number of thioether (sulfide) groups is 1. The van der Waals surface area contributed by atoms with Crippen LogP contribution in [0.5, 0.6) is 0 Å². The molecule has 98 valence electrons. The second kappa shape index (κ2) is 6.28. The highest BCUT2D eigenvalue weighted by Crippen LogP contribution is 2.29. The topological polar surface area (TPSA) is 46.6 Å². The van der Waals surface area contributed by atoms with E-state index in [0.29, 0.717) is 6.61 Å². The van der Waals surface area contributed by atoms with Crippen molar-refractivity contribution >= 4 is 23.6 Å². The summed E-state index contributed by atoms with van der Waals surface area (Å²) in [6.07, 6.45) is 0.455. The molecular formula is C12H21NO3S. The van der Waals surface area contributed by atoms with Crippen molar-refractivity contribution in [3.8, 4) is 0 Å². The Morgan fingerprint density at radius 1 is 1.35 bits per heavy atom. The Morgan fingerprint density at radius 2 is 2.06 bits per heavy atom. The van der Waals surface area contributed by atoms with Crippen LogP contribution in [-0.2, 0) is 14.3 Å². The summed E-state index contributed by atoms with van der Waals surface area (Å²) >= 11 is 1.89. The van der Waals surface area contributed by atoms with E-state index in [0.717, 1.165) is 18.8 Å². The normalized spacial score (nSPS) is 18.9. The Hall–Kier alpha value is -0.710. The second-order valence-corrected chi connectivity index (χ2v) is 6.53. The van der Waals surface area contributed by atoms with Gasteiger partial charge >= 0.3 is 5.97 Å². The first-order valence-electron chi connectivity index (χ1n) is 6.02. The summed E-state index contributed by atoms with van der Waals surface area (Å²) in [4.78, 5) is 24.9. The average Bonchev–Trinajstić information content (AvgIpc) is 2.25. The quantitative estimate of drug-likeness (QED) is 0.721. The monoisotopic (exact) mass is 259 g/mol. The van der Waals surface area contributed by atoms with Crippen LogP contribution in [0.15, 0.2) is 0 Å². The largest absolute Gasteiger partial charge is 0.466 e. The molecule has 5 heteroatoms. The van der Waals surface area contributed by atoms with Crippen LogP contribution in [0.2, 0.25) is 0 Å². The molecule has 1 heterocycles. The molecule has 0 N–H and O–H groups in total.